The highest BCUT2D eigenvalue weighted by molar-refractivity contribution is 6.31. The lowest BCUT2D eigenvalue weighted by atomic mass is 10.1. The number of aryl methyl sites for hydroxylation is 1. The summed E-state index contributed by atoms with van der Waals surface area (Å²) in [6.45, 7) is 2.78. The molecule has 0 bridgehead atoms. The van der Waals surface area contributed by atoms with E-state index in [-0.39, 0.29) is 24.0 Å². The summed E-state index contributed by atoms with van der Waals surface area (Å²) in [7, 11) is 0. The zero-order chi connectivity index (χ0) is 21.0. The van der Waals surface area contributed by atoms with Crippen LogP contribution in [-0.4, -0.2) is 29.0 Å². The second kappa shape index (κ2) is 9.07. The topological polar surface area (TPSA) is 53.4 Å². The van der Waals surface area contributed by atoms with Crippen molar-refractivity contribution in [2.75, 3.05) is 13.2 Å². The maximum atomic E-state index is 12.9. The van der Waals surface area contributed by atoms with E-state index in [9.17, 15) is 18.0 Å². The minimum Gasteiger partial charge on any atom is -0.476 e. The van der Waals surface area contributed by atoms with Gasteiger partial charge in [-0.2, -0.15) is 13.2 Å². The van der Waals surface area contributed by atoms with Crippen molar-refractivity contribution in [1.29, 1.82) is 0 Å². The molecule has 0 amide bonds. The lowest BCUT2D eigenvalue weighted by molar-refractivity contribution is -0.143. The zero-order valence-electron chi connectivity index (χ0n) is 16.0. The number of benzene rings is 1. The summed E-state index contributed by atoms with van der Waals surface area (Å²) >= 11 is 6.08. The molecule has 2 aromatic rings. The molecule has 0 radical (unpaired) electrons. The molecule has 0 atom stereocenters. The lowest BCUT2D eigenvalue weighted by Gasteiger charge is -2.12. The van der Waals surface area contributed by atoms with Gasteiger partial charge in [0.1, 0.15) is 0 Å². The van der Waals surface area contributed by atoms with Crippen LogP contribution >= 0.6 is 11.6 Å². The third-order valence-corrected chi connectivity index (χ3v) is 4.95. The first-order valence-electron chi connectivity index (χ1n) is 9.47. The number of alkyl halides is 3. The SMILES string of the molecule is CCOC(=O)CCc1cc(OCC2CC2)nn1Cc1ccc(C(F)(F)F)cc1Cl. The van der Waals surface area contributed by atoms with Gasteiger partial charge in [0.2, 0.25) is 5.88 Å². The fourth-order valence-corrected chi connectivity index (χ4v) is 3.04. The van der Waals surface area contributed by atoms with Crippen LogP contribution in [0.4, 0.5) is 13.2 Å². The summed E-state index contributed by atoms with van der Waals surface area (Å²) in [4.78, 5) is 11.7. The van der Waals surface area contributed by atoms with Crippen molar-refractivity contribution in [3.8, 4) is 5.88 Å². The number of halogens is 4. The molecule has 1 aliphatic rings. The smallest absolute Gasteiger partial charge is 0.416 e. The van der Waals surface area contributed by atoms with Crippen LogP contribution in [0.15, 0.2) is 24.3 Å². The number of nitrogens with zero attached hydrogens (tertiary/aromatic N) is 2. The second-order valence-corrected chi connectivity index (χ2v) is 7.40. The summed E-state index contributed by atoms with van der Waals surface area (Å²) in [6, 6.07) is 4.99. The van der Waals surface area contributed by atoms with Gasteiger partial charge >= 0.3 is 12.1 Å². The molecule has 0 spiro atoms. The molecule has 1 aromatic heterocycles. The van der Waals surface area contributed by atoms with Gasteiger partial charge in [0, 0.05) is 16.8 Å². The predicted octanol–water partition coefficient (Wildman–Crippen LogP) is 4.89. The lowest BCUT2D eigenvalue weighted by Crippen LogP contribution is -2.11. The van der Waals surface area contributed by atoms with Gasteiger partial charge in [-0.25, -0.2) is 0 Å². The van der Waals surface area contributed by atoms with Crippen LogP contribution < -0.4 is 4.74 Å². The molecule has 29 heavy (non-hydrogen) atoms. The van der Waals surface area contributed by atoms with Gasteiger partial charge in [0.15, 0.2) is 0 Å². The number of esters is 1. The second-order valence-electron chi connectivity index (χ2n) is 6.99. The number of aromatic nitrogens is 2. The van der Waals surface area contributed by atoms with E-state index in [0.29, 0.717) is 37.0 Å². The molecule has 3 rings (SSSR count). The minimum atomic E-state index is -4.46. The van der Waals surface area contributed by atoms with Gasteiger partial charge in [-0.15, -0.1) is 5.10 Å². The van der Waals surface area contributed by atoms with Crippen LogP contribution in [0.5, 0.6) is 5.88 Å². The van der Waals surface area contributed by atoms with Crippen LogP contribution in [0.3, 0.4) is 0 Å². The average molecular weight is 431 g/mol. The molecule has 1 saturated carbocycles. The summed E-state index contributed by atoms with van der Waals surface area (Å²) < 4.78 is 50.8. The molecule has 0 saturated heterocycles. The Labute approximate surface area is 171 Å². The van der Waals surface area contributed by atoms with E-state index in [1.807, 2.05) is 0 Å². The van der Waals surface area contributed by atoms with Crippen molar-refractivity contribution in [2.45, 2.75) is 45.3 Å². The van der Waals surface area contributed by atoms with Crippen molar-refractivity contribution in [1.82, 2.24) is 9.78 Å². The largest absolute Gasteiger partial charge is 0.476 e. The fourth-order valence-electron chi connectivity index (χ4n) is 2.80. The number of carbonyl (C=O) groups excluding carboxylic acids is 1. The number of hydrogen-bond donors (Lipinski definition) is 0. The summed E-state index contributed by atoms with van der Waals surface area (Å²) in [5.74, 6) is 0.652. The highest BCUT2D eigenvalue weighted by Crippen LogP contribution is 2.33. The van der Waals surface area contributed by atoms with Crippen LogP contribution in [0.25, 0.3) is 0 Å². The van der Waals surface area contributed by atoms with Crippen molar-refractivity contribution in [2.24, 2.45) is 5.92 Å². The number of rotatable bonds is 9. The molecular weight excluding hydrogens is 409 g/mol. The van der Waals surface area contributed by atoms with Crippen LogP contribution in [0.1, 0.15) is 43.0 Å². The first-order valence-corrected chi connectivity index (χ1v) is 9.84. The van der Waals surface area contributed by atoms with Crippen LogP contribution in [-0.2, 0) is 28.7 Å². The first kappa shape index (κ1) is 21.5. The molecule has 9 heteroatoms. The third-order valence-electron chi connectivity index (χ3n) is 4.60. The van der Waals surface area contributed by atoms with Gasteiger partial charge in [-0.3, -0.25) is 9.48 Å². The molecule has 5 nitrogen and oxygen atoms in total. The Hall–Kier alpha value is -2.22. The molecule has 1 heterocycles. The number of hydrogen-bond acceptors (Lipinski definition) is 4. The Morgan fingerprint density at radius 1 is 1.31 bits per heavy atom. The van der Waals surface area contributed by atoms with E-state index in [1.165, 1.54) is 6.07 Å². The maximum absolute atomic E-state index is 12.9. The zero-order valence-corrected chi connectivity index (χ0v) is 16.7. The molecule has 1 aromatic carbocycles. The van der Waals surface area contributed by atoms with E-state index in [4.69, 9.17) is 21.1 Å². The molecular formula is C20H22ClF3N2O3. The monoisotopic (exact) mass is 430 g/mol. The highest BCUT2D eigenvalue weighted by Gasteiger charge is 2.31. The minimum absolute atomic E-state index is 0.00659. The van der Waals surface area contributed by atoms with Crippen molar-refractivity contribution in [3.05, 3.63) is 46.1 Å². The molecule has 0 unspecified atom stereocenters. The summed E-state index contributed by atoms with van der Waals surface area (Å²) in [5, 5.41) is 4.41. The average Bonchev–Trinajstić information content (AvgIpc) is 3.40. The van der Waals surface area contributed by atoms with Gasteiger partial charge in [-0.1, -0.05) is 17.7 Å². The van der Waals surface area contributed by atoms with Gasteiger partial charge in [0.05, 0.1) is 31.7 Å². The van der Waals surface area contributed by atoms with Crippen molar-refractivity contribution >= 4 is 17.6 Å². The standard InChI is InChI=1S/C20H22ClF3N2O3/c1-2-28-19(27)8-7-16-10-18(29-12-13-3-4-13)25-26(16)11-14-5-6-15(9-17(14)21)20(22,23)24/h5-6,9-10,13H,2-4,7-8,11-12H2,1H3. The van der Waals surface area contributed by atoms with Crippen molar-refractivity contribution < 1.29 is 27.4 Å². The fraction of sp³-hybridized carbons (Fsp3) is 0.500. The number of ether oxygens (including phenoxy) is 2. The van der Waals surface area contributed by atoms with E-state index >= 15 is 0 Å². The quantitative estimate of drug-likeness (QED) is 0.531. The highest BCUT2D eigenvalue weighted by atomic mass is 35.5. The molecule has 0 N–H and O–H groups in total. The molecule has 1 aliphatic carbocycles. The normalized spacial score (nSPS) is 14.1. The molecule has 1 fully saturated rings. The maximum Gasteiger partial charge on any atom is 0.416 e. The molecule has 0 aliphatic heterocycles. The Kier molecular flexibility index (Phi) is 6.72. The van der Waals surface area contributed by atoms with E-state index in [1.54, 1.807) is 17.7 Å². The Bertz CT molecular complexity index is 863. The third kappa shape index (κ3) is 6.13. The van der Waals surface area contributed by atoms with E-state index in [0.717, 1.165) is 30.7 Å². The van der Waals surface area contributed by atoms with Gasteiger partial charge < -0.3 is 9.47 Å². The summed E-state index contributed by atoms with van der Waals surface area (Å²) in [5.41, 5.74) is 0.413. The number of carbonyl (C=O) groups is 1. The molecule has 158 valence electrons. The predicted molar refractivity (Wildman–Crippen MR) is 101 cm³/mol. The Morgan fingerprint density at radius 3 is 2.69 bits per heavy atom. The Morgan fingerprint density at radius 2 is 2.07 bits per heavy atom. The first-order chi connectivity index (χ1) is 13.8. The Balaban J connectivity index is 1.77. The van der Waals surface area contributed by atoms with Crippen LogP contribution in [0.2, 0.25) is 5.02 Å². The van der Waals surface area contributed by atoms with E-state index in [2.05, 4.69) is 5.10 Å². The summed E-state index contributed by atoms with van der Waals surface area (Å²) in [6.07, 6.45) is -1.64. The van der Waals surface area contributed by atoms with Crippen molar-refractivity contribution in [3.63, 3.8) is 0 Å². The van der Waals surface area contributed by atoms with Gasteiger partial charge in [0.25, 0.3) is 0 Å². The van der Waals surface area contributed by atoms with Crippen LogP contribution in [0, 0.1) is 5.92 Å². The van der Waals surface area contributed by atoms with E-state index < -0.39 is 11.7 Å². The van der Waals surface area contributed by atoms with Gasteiger partial charge in [-0.05, 0) is 49.8 Å².